The Morgan fingerprint density at radius 1 is 0.864 bits per heavy atom. The number of hydrogen-bond acceptors (Lipinski definition) is 6. The van der Waals surface area contributed by atoms with Crippen molar-refractivity contribution in [2.45, 2.75) is 123 Å². The maximum atomic E-state index is 15.1. The van der Waals surface area contributed by atoms with Crippen LogP contribution < -0.4 is 4.74 Å². The molecule has 0 aliphatic heterocycles. The number of carbonyl (C=O) groups is 2. The zero-order chi connectivity index (χ0) is 41.5. The van der Waals surface area contributed by atoms with Gasteiger partial charge in [0.1, 0.15) is 11.9 Å². The lowest BCUT2D eigenvalue weighted by molar-refractivity contribution is -0.175. The molecule has 4 saturated carbocycles. The lowest BCUT2D eigenvalue weighted by Gasteiger charge is -2.71. The molecule has 3 aromatic rings. The summed E-state index contributed by atoms with van der Waals surface area (Å²) in [6.07, 6.45) is 14.2. The number of amides is 1. The number of methoxy groups -OCH3 is 1. The van der Waals surface area contributed by atoms with Crippen LogP contribution in [0.15, 0.2) is 90.5 Å². The normalized spacial score (nSPS) is 38.3. The molecule has 59 heavy (non-hydrogen) atoms. The molecule has 0 saturated heterocycles. The van der Waals surface area contributed by atoms with Gasteiger partial charge in [0, 0.05) is 33.9 Å². The van der Waals surface area contributed by atoms with Gasteiger partial charge in [-0.1, -0.05) is 102 Å². The van der Waals surface area contributed by atoms with E-state index in [0.717, 1.165) is 73.3 Å². The van der Waals surface area contributed by atoms with Crippen LogP contribution in [0.5, 0.6) is 5.75 Å². The molecular weight excluding hydrogens is 735 g/mol. The molecule has 7 nitrogen and oxygen atoms in total. The van der Waals surface area contributed by atoms with Gasteiger partial charge in [0.15, 0.2) is 5.78 Å². The van der Waals surface area contributed by atoms with Crippen molar-refractivity contribution < 1.29 is 29.3 Å². The van der Waals surface area contributed by atoms with E-state index in [1.807, 2.05) is 41.3 Å². The number of benzene rings is 3. The van der Waals surface area contributed by atoms with E-state index in [-0.39, 0.29) is 41.8 Å². The molecule has 11 unspecified atom stereocenters. The number of hydrogen-bond donors (Lipinski definition) is 2. The van der Waals surface area contributed by atoms with Crippen LogP contribution in [-0.4, -0.2) is 58.5 Å². The van der Waals surface area contributed by atoms with Gasteiger partial charge in [-0.15, -0.1) is 0 Å². The topological polar surface area (TPSA) is 96.3 Å². The minimum absolute atomic E-state index is 0.0192. The first-order valence-corrected chi connectivity index (χ1v) is 22.6. The second-order valence-electron chi connectivity index (χ2n) is 20.6. The average molecular weight is 800 g/mol. The van der Waals surface area contributed by atoms with Gasteiger partial charge >= 0.3 is 6.09 Å². The van der Waals surface area contributed by atoms with Crippen LogP contribution in [-0.2, 0) is 11.3 Å². The lowest BCUT2D eigenvalue weighted by atomic mass is 9.32. The van der Waals surface area contributed by atoms with Crippen molar-refractivity contribution in [3.63, 3.8) is 0 Å². The number of ether oxygens (including phenoxy) is 2. The van der Waals surface area contributed by atoms with Gasteiger partial charge in [-0.2, -0.15) is 0 Å². The maximum absolute atomic E-state index is 15.1. The van der Waals surface area contributed by atoms with Crippen LogP contribution in [0.4, 0.5) is 4.79 Å². The highest BCUT2D eigenvalue weighted by Crippen LogP contribution is 2.78. The Morgan fingerprint density at radius 2 is 1.58 bits per heavy atom. The smallest absolute Gasteiger partial charge is 0.410 e. The van der Waals surface area contributed by atoms with Crippen LogP contribution in [0.2, 0.25) is 0 Å². The zero-order valence-electron chi connectivity index (χ0n) is 36.1. The second kappa shape index (κ2) is 14.6. The molecule has 11 atom stereocenters. The van der Waals surface area contributed by atoms with Gasteiger partial charge in [-0.3, -0.25) is 4.79 Å². The first-order chi connectivity index (χ1) is 28.2. The summed E-state index contributed by atoms with van der Waals surface area (Å²) in [5.41, 5.74) is -0.507. The number of carbonyl (C=O) groups excluding carboxylic acids is 2. The third-order valence-electron chi connectivity index (χ3n) is 17.5. The van der Waals surface area contributed by atoms with Gasteiger partial charge in [0.2, 0.25) is 0 Å². The SMILES string of the molecule is COc1ccc(C(=O)C2=CC34C=CC25C(CCC2(C)C5CCC2(O)CN(Cc2cccc5ccccc25)C(=O)OC2CC(C)CCC2C(C)C)C3(C)CCC(O)C4)cc1. The highest BCUT2D eigenvalue weighted by atomic mass is 16.6. The van der Waals surface area contributed by atoms with Gasteiger partial charge in [-0.05, 0) is 133 Å². The van der Waals surface area contributed by atoms with Crippen molar-refractivity contribution in [1.29, 1.82) is 0 Å². The van der Waals surface area contributed by atoms with Gasteiger partial charge in [-0.25, -0.2) is 4.79 Å². The van der Waals surface area contributed by atoms with E-state index >= 15 is 4.79 Å². The van der Waals surface area contributed by atoms with Crippen molar-refractivity contribution >= 4 is 22.6 Å². The van der Waals surface area contributed by atoms with Crippen molar-refractivity contribution in [1.82, 2.24) is 4.90 Å². The highest BCUT2D eigenvalue weighted by Gasteiger charge is 2.74. The fourth-order valence-electron chi connectivity index (χ4n) is 14.1. The largest absolute Gasteiger partial charge is 0.497 e. The quantitative estimate of drug-likeness (QED) is 0.165. The summed E-state index contributed by atoms with van der Waals surface area (Å²) in [5, 5.41) is 26.8. The van der Waals surface area contributed by atoms with Crippen molar-refractivity contribution in [3.8, 4) is 5.75 Å². The van der Waals surface area contributed by atoms with E-state index < -0.39 is 27.9 Å². The lowest BCUT2D eigenvalue weighted by Crippen LogP contribution is -2.67. The molecule has 7 aliphatic rings. The number of nitrogens with zero attached hydrogens (tertiary/aromatic N) is 1. The molecule has 0 radical (unpaired) electrons. The predicted molar refractivity (Wildman–Crippen MR) is 232 cm³/mol. The third kappa shape index (κ3) is 6.17. The van der Waals surface area contributed by atoms with Gasteiger partial charge in [0.05, 0.1) is 25.4 Å². The molecule has 2 spiro atoms. The first kappa shape index (κ1) is 40.5. The van der Waals surface area contributed by atoms with Crippen LogP contribution in [0.1, 0.15) is 115 Å². The minimum Gasteiger partial charge on any atom is -0.497 e. The number of rotatable bonds is 9. The molecule has 314 valence electrons. The summed E-state index contributed by atoms with van der Waals surface area (Å²) in [5.74, 6) is 2.04. The van der Waals surface area contributed by atoms with Gasteiger partial charge < -0.3 is 24.6 Å². The molecule has 2 N–H and O–H groups in total. The van der Waals surface area contributed by atoms with Crippen molar-refractivity contribution in [2.75, 3.05) is 13.7 Å². The summed E-state index contributed by atoms with van der Waals surface area (Å²) < 4.78 is 12.1. The van der Waals surface area contributed by atoms with Crippen molar-refractivity contribution in [3.05, 3.63) is 102 Å². The predicted octanol–water partition coefficient (Wildman–Crippen LogP) is 10.7. The summed E-state index contributed by atoms with van der Waals surface area (Å²) >= 11 is 0. The Labute approximate surface area is 351 Å². The summed E-state index contributed by atoms with van der Waals surface area (Å²) in [6, 6.07) is 22.0. The van der Waals surface area contributed by atoms with E-state index in [9.17, 15) is 15.0 Å². The summed E-state index contributed by atoms with van der Waals surface area (Å²) in [6.45, 7) is 11.9. The first-order valence-electron chi connectivity index (χ1n) is 22.6. The van der Waals surface area contributed by atoms with Crippen LogP contribution in [0, 0.1) is 51.2 Å². The Morgan fingerprint density at radius 3 is 2.34 bits per heavy atom. The highest BCUT2D eigenvalue weighted by molar-refractivity contribution is 6.10. The number of allylic oxidation sites excluding steroid dienone is 4. The number of aliphatic hydroxyl groups excluding tert-OH is 1. The van der Waals surface area contributed by atoms with E-state index in [0.29, 0.717) is 48.5 Å². The van der Waals surface area contributed by atoms with E-state index in [4.69, 9.17) is 9.47 Å². The minimum atomic E-state index is -1.23. The fourth-order valence-corrected chi connectivity index (χ4v) is 14.1. The van der Waals surface area contributed by atoms with E-state index in [2.05, 4.69) is 83.2 Å². The zero-order valence-corrected chi connectivity index (χ0v) is 36.1. The average Bonchev–Trinajstić information content (AvgIpc) is 3.49. The standard InChI is InChI=1S/C52H65NO6/c1-33(2)40-19-14-34(3)28-43(40)59-47(56)53(31-37-12-9-11-35-10-7-8-13-41(35)37)32-51(57)25-22-45-49(51,5)24-21-44-48(4)23-20-38(54)29-50(48)26-27-52(44,45)42(30-50)46(55)36-15-17-39(58-6)18-16-36/h7-13,15-18,26-27,30,33-34,38,40,43-45,54,57H,14,19-25,28-29,31-32H2,1-6H3. The summed E-state index contributed by atoms with van der Waals surface area (Å²) in [7, 11) is 1.63. The Hall–Kier alpha value is -3.94. The second-order valence-corrected chi connectivity index (χ2v) is 20.6. The Kier molecular flexibility index (Phi) is 10.0. The molecule has 0 heterocycles. The molecule has 1 amide bonds. The molecule has 0 aromatic heterocycles. The monoisotopic (exact) mass is 799 g/mol. The fraction of sp³-hybridized carbons (Fsp3) is 0.577. The number of aliphatic hydroxyl groups is 2. The molecule has 2 bridgehead atoms. The van der Waals surface area contributed by atoms with Crippen LogP contribution in [0.25, 0.3) is 10.8 Å². The number of fused-ring (bicyclic) bond motifs is 2. The number of Topliss-reactive ketones (excluding diaryl/α,β-unsaturated/α-hetero) is 1. The molecule has 3 aromatic carbocycles. The maximum Gasteiger partial charge on any atom is 0.410 e. The number of ketones is 1. The third-order valence-corrected chi connectivity index (χ3v) is 17.5. The molecular formula is C52H65NO6. The Balaban J connectivity index is 1.10. The van der Waals surface area contributed by atoms with Crippen LogP contribution in [0.3, 0.4) is 0 Å². The van der Waals surface area contributed by atoms with E-state index in [1.54, 1.807) is 7.11 Å². The van der Waals surface area contributed by atoms with Crippen LogP contribution >= 0.6 is 0 Å². The molecule has 4 fully saturated rings. The van der Waals surface area contributed by atoms with Gasteiger partial charge in [0.25, 0.3) is 0 Å². The van der Waals surface area contributed by atoms with E-state index in [1.165, 1.54) is 0 Å². The molecule has 7 heteroatoms. The molecule has 10 rings (SSSR count). The summed E-state index contributed by atoms with van der Waals surface area (Å²) in [4.78, 5) is 31.7. The van der Waals surface area contributed by atoms with Crippen molar-refractivity contribution in [2.24, 2.45) is 51.2 Å². The Bertz CT molecular complexity index is 2170. The molecule has 7 aliphatic carbocycles.